The highest BCUT2D eigenvalue weighted by molar-refractivity contribution is 6.29. The lowest BCUT2D eigenvalue weighted by atomic mass is 10.2. The van der Waals surface area contributed by atoms with Crippen LogP contribution in [0.5, 0.6) is 0 Å². The van der Waals surface area contributed by atoms with Crippen molar-refractivity contribution >= 4 is 23.3 Å². The van der Waals surface area contributed by atoms with Gasteiger partial charge in [-0.3, -0.25) is 0 Å². The molecule has 2 amide bonds. The van der Waals surface area contributed by atoms with Crippen molar-refractivity contribution in [2.24, 2.45) is 0 Å². The molecule has 80 valence electrons. The Balaban J connectivity index is 2.48. The van der Waals surface area contributed by atoms with Crippen molar-refractivity contribution in [3.8, 4) is 0 Å². The maximum absolute atomic E-state index is 11.3. The van der Waals surface area contributed by atoms with Gasteiger partial charge in [0.1, 0.15) is 0 Å². The summed E-state index contributed by atoms with van der Waals surface area (Å²) in [7, 11) is 0. The van der Waals surface area contributed by atoms with Gasteiger partial charge in [0.15, 0.2) is 0 Å². The number of halogens is 1. The van der Waals surface area contributed by atoms with E-state index >= 15 is 0 Å². The first-order valence-corrected chi connectivity index (χ1v) is 4.90. The number of hydrogen-bond acceptors (Lipinski definition) is 1. The van der Waals surface area contributed by atoms with Gasteiger partial charge in [-0.15, -0.1) is 0 Å². The second-order valence-electron chi connectivity index (χ2n) is 3.19. The Morgan fingerprint density at radius 2 is 2.27 bits per heavy atom. The van der Waals surface area contributed by atoms with E-state index in [1.807, 2.05) is 31.2 Å². The zero-order chi connectivity index (χ0) is 11.3. The predicted molar refractivity (Wildman–Crippen MR) is 63.2 cm³/mol. The summed E-state index contributed by atoms with van der Waals surface area (Å²) in [5.74, 6) is 0. The molecule has 0 fully saturated rings. The van der Waals surface area contributed by atoms with Crippen molar-refractivity contribution in [3.05, 3.63) is 41.4 Å². The van der Waals surface area contributed by atoms with Crippen molar-refractivity contribution < 1.29 is 4.79 Å². The third kappa shape index (κ3) is 4.51. The minimum absolute atomic E-state index is 0.263. The van der Waals surface area contributed by atoms with Crippen LogP contribution in [-0.4, -0.2) is 12.6 Å². The van der Waals surface area contributed by atoms with Crippen LogP contribution in [0.4, 0.5) is 10.5 Å². The summed E-state index contributed by atoms with van der Waals surface area (Å²) in [5, 5.41) is 5.65. The van der Waals surface area contributed by atoms with Crippen molar-refractivity contribution in [2.75, 3.05) is 11.9 Å². The number of carbonyl (C=O) groups excluding carboxylic acids is 1. The number of urea groups is 1. The first-order chi connectivity index (χ1) is 7.08. The predicted octanol–water partition coefficient (Wildman–Crippen LogP) is 2.87. The summed E-state index contributed by atoms with van der Waals surface area (Å²) in [6.07, 6.45) is 0. The molecule has 0 unspecified atom stereocenters. The lowest BCUT2D eigenvalue weighted by molar-refractivity contribution is 0.253. The van der Waals surface area contributed by atoms with Crippen LogP contribution in [0.15, 0.2) is 35.9 Å². The Labute approximate surface area is 94.1 Å². The van der Waals surface area contributed by atoms with Gasteiger partial charge in [0, 0.05) is 10.7 Å². The van der Waals surface area contributed by atoms with Crippen LogP contribution in [0.1, 0.15) is 5.56 Å². The maximum Gasteiger partial charge on any atom is 0.319 e. The van der Waals surface area contributed by atoms with E-state index in [1.54, 1.807) is 0 Å². The molecule has 3 nitrogen and oxygen atoms in total. The standard InChI is InChI=1S/C11H13ClN2O/c1-8-4-3-5-10(6-8)14-11(15)13-7-9(2)12/h3-6H,2,7H2,1H3,(H2,13,14,15). The average Bonchev–Trinajstić information content (AvgIpc) is 2.15. The second-order valence-corrected chi connectivity index (χ2v) is 3.73. The first-order valence-electron chi connectivity index (χ1n) is 4.53. The largest absolute Gasteiger partial charge is 0.333 e. The quantitative estimate of drug-likeness (QED) is 0.815. The molecule has 1 aromatic rings. The van der Waals surface area contributed by atoms with Crippen molar-refractivity contribution in [1.29, 1.82) is 0 Å². The summed E-state index contributed by atoms with van der Waals surface area (Å²) in [5.41, 5.74) is 1.85. The Morgan fingerprint density at radius 3 is 2.87 bits per heavy atom. The molecule has 0 aromatic heterocycles. The third-order valence-corrected chi connectivity index (χ3v) is 1.85. The third-order valence-electron chi connectivity index (χ3n) is 1.72. The van der Waals surface area contributed by atoms with Crippen molar-refractivity contribution in [2.45, 2.75) is 6.92 Å². The molecule has 1 aromatic carbocycles. The summed E-state index contributed by atoms with van der Waals surface area (Å²) >= 11 is 5.51. The number of hydrogen-bond donors (Lipinski definition) is 2. The monoisotopic (exact) mass is 224 g/mol. The molecule has 4 heteroatoms. The van der Waals surface area contributed by atoms with Gasteiger partial charge >= 0.3 is 6.03 Å². The fraction of sp³-hybridized carbons (Fsp3) is 0.182. The highest BCUT2D eigenvalue weighted by Crippen LogP contribution is 2.08. The van der Waals surface area contributed by atoms with E-state index in [0.29, 0.717) is 5.03 Å². The molecule has 0 atom stereocenters. The van der Waals surface area contributed by atoms with Crippen LogP contribution in [0, 0.1) is 6.92 Å². The average molecular weight is 225 g/mol. The Hall–Kier alpha value is -1.48. The lowest BCUT2D eigenvalue weighted by Gasteiger charge is -2.07. The number of nitrogens with one attached hydrogen (secondary N) is 2. The van der Waals surface area contributed by atoms with E-state index in [-0.39, 0.29) is 12.6 Å². The first kappa shape index (κ1) is 11.6. The number of amides is 2. The van der Waals surface area contributed by atoms with Crippen LogP contribution < -0.4 is 10.6 Å². The van der Waals surface area contributed by atoms with Gasteiger partial charge in [-0.2, -0.15) is 0 Å². The summed E-state index contributed by atoms with van der Waals surface area (Å²) < 4.78 is 0. The summed E-state index contributed by atoms with van der Waals surface area (Å²) in [6.45, 7) is 5.70. The van der Waals surface area contributed by atoms with Gasteiger partial charge in [0.25, 0.3) is 0 Å². The highest BCUT2D eigenvalue weighted by Gasteiger charge is 2.00. The fourth-order valence-electron chi connectivity index (χ4n) is 1.07. The van der Waals surface area contributed by atoms with Crippen LogP contribution >= 0.6 is 11.6 Å². The SMILES string of the molecule is C=C(Cl)CNC(=O)Nc1cccc(C)c1. The van der Waals surface area contributed by atoms with Gasteiger partial charge in [-0.05, 0) is 24.6 Å². The molecule has 1 rings (SSSR count). The van der Waals surface area contributed by atoms with Gasteiger partial charge in [-0.25, -0.2) is 4.79 Å². The van der Waals surface area contributed by atoms with Crippen LogP contribution in [0.2, 0.25) is 0 Å². The Kier molecular flexibility index (Phi) is 4.18. The molecular weight excluding hydrogens is 212 g/mol. The molecule has 0 aliphatic rings. The Morgan fingerprint density at radius 1 is 1.53 bits per heavy atom. The number of carbonyl (C=O) groups is 1. The normalized spacial score (nSPS) is 9.47. The van der Waals surface area contributed by atoms with Gasteiger partial charge in [0.05, 0.1) is 6.54 Å². The van der Waals surface area contributed by atoms with Gasteiger partial charge in [0.2, 0.25) is 0 Å². The zero-order valence-corrected chi connectivity index (χ0v) is 9.27. The minimum Gasteiger partial charge on any atom is -0.333 e. The van der Waals surface area contributed by atoms with E-state index < -0.39 is 0 Å². The summed E-state index contributed by atoms with van der Waals surface area (Å²) in [6, 6.07) is 7.26. The van der Waals surface area contributed by atoms with Crippen molar-refractivity contribution in [3.63, 3.8) is 0 Å². The number of benzene rings is 1. The van der Waals surface area contributed by atoms with E-state index in [2.05, 4.69) is 17.2 Å². The molecule has 0 saturated carbocycles. The molecule has 0 radical (unpaired) electrons. The molecule has 15 heavy (non-hydrogen) atoms. The van der Waals surface area contributed by atoms with Gasteiger partial charge in [-0.1, -0.05) is 30.3 Å². The molecule has 0 aliphatic carbocycles. The van der Waals surface area contributed by atoms with E-state index in [1.165, 1.54) is 0 Å². The van der Waals surface area contributed by atoms with Gasteiger partial charge < -0.3 is 10.6 Å². The number of rotatable bonds is 3. The summed E-state index contributed by atoms with van der Waals surface area (Å²) in [4.78, 5) is 11.3. The maximum atomic E-state index is 11.3. The molecule has 0 bridgehead atoms. The molecule has 0 heterocycles. The lowest BCUT2D eigenvalue weighted by Crippen LogP contribution is -2.29. The van der Waals surface area contributed by atoms with Crippen LogP contribution in [0.3, 0.4) is 0 Å². The number of aryl methyl sites for hydroxylation is 1. The second kappa shape index (κ2) is 5.41. The molecule has 0 saturated heterocycles. The van der Waals surface area contributed by atoms with E-state index in [9.17, 15) is 4.79 Å². The fourth-order valence-corrected chi connectivity index (χ4v) is 1.14. The number of anilines is 1. The highest BCUT2D eigenvalue weighted by atomic mass is 35.5. The molecular formula is C11H13ClN2O. The topological polar surface area (TPSA) is 41.1 Å². The molecule has 2 N–H and O–H groups in total. The van der Waals surface area contributed by atoms with E-state index in [0.717, 1.165) is 11.3 Å². The van der Waals surface area contributed by atoms with Crippen LogP contribution in [0.25, 0.3) is 0 Å². The smallest absolute Gasteiger partial charge is 0.319 e. The Bertz CT molecular complexity index is 377. The van der Waals surface area contributed by atoms with Crippen LogP contribution in [-0.2, 0) is 0 Å². The zero-order valence-electron chi connectivity index (χ0n) is 8.51. The minimum atomic E-state index is -0.289. The molecule has 0 spiro atoms. The molecule has 0 aliphatic heterocycles. The van der Waals surface area contributed by atoms with Crippen molar-refractivity contribution in [1.82, 2.24) is 5.32 Å². The van der Waals surface area contributed by atoms with E-state index in [4.69, 9.17) is 11.6 Å².